The number of rotatable bonds is 5. The van der Waals surface area contributed by atoms with Crippen molar-refractivity contribution in [3.05, 3.63) is 21.9 Å². The summed E-state index contributed by atoms with van der Waals surface area (Å²) in [6.07, 6.45) is 6.97. The van der Waals surface area contributed by atoms with Crippen molar-refractivity contribution in [1.82, 2.24) is 9.71 Å². The number of hydrogen-bond acceptors (Lipinski definition) is 3. The summed E-state index contributed by atoms with van der Waals surface area (Å²) in [5, 5.41) is -0.00216. The molecular formula is C13H18BrClN2O2S. The molecule has 0 spiro atoms. The van der Waals surface area contributed by atoms with Crippen LogP contribution in [0.4, 0.5) is 0 Å². The van der Waals surface area contributed by atoms with Crippen LogP contribution in [0.5, 0.6) is 0 Å². The molecule has 1 aliphatic carbocycles. The molecular weight excluding hydrogens is 364 g/mol. The van der Waals surface area contributed by atoms with Gasteiger partial charge in [0.05, 0.1) is 0 Å². The summed E-state index contributed by atoms with van der Waals surface area (Å²) in [6.45, 7) is 2.59. The summed E-state index contributed by atoms with van der Waals surface area (Å²) in [5.74, 6) is 0. The number of hydrogen-bond donors (Lipinski definition) is 1. The molecule has 0 amide bonds. The maximum absolute atomic E-state index is 12.4. The molecule has 0 unspecified atom stereocenters. The summed E-state index contributed by atoms with van der Waals surface area (Å²) in [5.41, 5.74) is 0.0962. The van der Waals surface area contributed by atoms with Crippen LogP contribution in [0.3, 0.4) is 0 Å². The highest BCUT2D eigenvalue weighted by Crippen LogP contribution is 2.40. The molecule has 1 heterocycles. The Morgan fingerprint density at radius 1 is 1.45 bits per heavy atom. The van der Waals surface area contributed by atoms with Gasteiger partial charge in [-0.1, -0.05) is 31.4 Å². The van der Waals surface area contributed by atoms with E-state index in [2.05, 4.69) is 32.6 Å². The minimum atomic E-state index is -3.62. The SMILES string of the molecule is CCC1(CNS(=O)(=O)c2cc(Br)cnc2Cl)CCCC1. The molecule has 0 radical (unpaired) electrons. The van der Waals surface area contributed by atoms with Crippen molar-refractivity contribution in [2.45, 2.75) is 43.9 Å². The average molecular weight is 382 g/mol. The molecule has 1 saturated carbocycles. The van der Waals surface area contributed by atoms with Crippen LogP contribution < -0.4 is 4.72 Å². The Hall–Kier alpha value is -0.170. The van der Waals surface area contributed by atoms with E-state index in [0.29, 0.717) is 11.0 Å². The highest BCUT2D eigenvalue weighted by Gasteiger charge is 2.33. The molecule has 2 rings (SSSR count). The van der Waals surface area contributed by atoms with Crippen molar-refractivity contribution in [1.29, 1.82) is 0 Å². The third kappa shape index (κ3) is 3.53. The lowest BCUT2D eigenvalue weighted by Crippen LogP contribution is -2.35. The number of nitrogens with one attached hydrogen (secondary N) is 1. The van der Waals surface area contributed by atoms with Gasteiger partial charge in [0.1, 0.15) is 10.0 Å². The lowest BCUT2D eigenvalue weighted by molar-refractivity contribution is 0.285. The predicted molar refractivity (Wildman–Crippen MR) is 83.3 cm³/mol. The summed E-state index contributed by atoms with van der Waals surface area (Å²) in [7, 11) is -3.62. The molecule has 1 aromatic heterocycles. The second-order valence-corrected chi connectivity index (χ2v) is 8.34. The van der Waals surface area contributed by atoms with E-state index in [-0.39, 0.29) is 15.5 Å². The summed E-state index contributed by atoms with van der Waals surface area (Å²) in [4.78, 5) is 3.89. The van der Waals surface area contributed by atoms with E-state index in [9.17, 15) is 8.42 Å². The Morgan fingerprint density at radius 2 is 2.10 bits per heavy atom. The van der Waals surface area contributed by atoms with Gasteiger partial charge in [0.2, 0.25) is 10.0 Å². The molecule has 1 N–H and O–H groups in total. The molecule has 1 aliphatic rings. The molecule has 20 heavy (non-hydrogen) atoms. The van der Waals surface area contributed by atoms with Crippen LogP contribution in [0, 0.1) is 5.41 Å². The minimum absolute atomic E-state index is 0.00216. The van der Waals surface area contributed by atoms with Crippen molar-refractivity contribution >= 4 is 37.6 Å². The van der Waals surface area contributed by atoms with Gasteiger partial charge in [0.25, 0.3) is 0 Å². The number of nitrogens with zero attached hydrogens (tertiary/aromatic N) is 1. The van der Waals surface area contributed by atoms with Gasteiger partial charge in [-0.15, -0.1) is 0 Å². The van der Waals surface area contributed by atoms with Crippen LogP contribution >= 0.6 is 27.5 Å². The Balaban J connectivity index is 2.17. The zero-order valence-electron chi connectivity index (χ0n) is 11.3. The fraction of sp³-hybridized carbons (Fsp3) is 0.615. The predicted octanol–water partition coefficient (Wildman–Crippen LogP) is 3.75. The lowest BCUT2D eigenvalue weighted by atomic mass is 9.84. The first-order chi connectivity index (χ1) is 9.38. The molecule has 112 valence electrons. The second kappa shape index (κ2) is 6.30. The lowest BCUT2D eigenvalue weighted by Gasteiger charge is -2.27. The van der Waals surface area contributed by atoms with Gasteiger partial charge in [-0.05, 0) is 46.7 Å². The van der Waals surface area contributed by atoms with Crippen LogP contribution in [-0.2, 0) is 10.0 Å². The number of sulfonamides is 1. The Morgan fingerprint density at radius 3 is 2.70 bits per heavy atom. The Labute approximate surface area is 133 Å². The zero-order valence-corrected chi connectivity index (χ0v) is 14.5. The fourth-order valence-corrected chi connectivity index (χ4v) is 4.80. The Bertz CT molecular complexity index is 586. The normalized spacial score (nSPS) is 18.4. The molecule has 7 heteroatoms. The average Bonchev–Trinajstić information content (AvgIpc) is 2.89. The van der Waals surface area contributed by atoms with Gasteiger partial charge in [-0.2, -0.15) is 0 Å². The van der Waals surface area contributed by atoms with E-state index in [4.69, 9.17) is 11.6 Å². The molecule has 0 atom stereocenters. The molecule has 0 saturated heterocycles. The van der Waals surface area contributed by atoms with Crippen LogP contribution in [0.15, 0.2) is 21.6 Å². The smallest absolute Gasteiger partial charge is 0.242 e. The summed E-state index contributed by atoms with van der Waals surface area (Å²) >= 11 is 9.11. The number of aromatic nitrogens is 1. The number of pyridine rings is 1. The van der Waals surface area contributed by atoms with E-state index in [1.165, 1.54) is 25.1 Å². The maximum Gasteiger partial charge on any atom is 0.243 e. The second-order valence-electron chi connectivity index (χ2n) is 5.33. The standard InChI is InChI=1S/C13H18BrClN2O2S/c1-2-13(5-3-4-6-13)9-17-20(18,19)11-7-10(14)8-16-12(11)15/h7-8,17H,2-6,9H2,1H3. The fourth-order valence-electron chi connectivity index (χ4n) is 2.70. The van der Waals surface area contributed by atoms with E-state index in [0.717, 1.165) is 19.3 Å². The highest BCUT2D eigenvalue weighted by molar-refractivity contribution is 9.10. The van der Waals surface area contributed by atoms with E-state index < -0.39 is 10.0 Å². The molecule has 0 bridgehead atoms. The maximum atomic E-state index is 12.4. The van der Waals surface area contributed by atoms with Crippen LogP contribution in [-0.4, -0.2) is 19.9 Å². The third-order valence-corrected chi connectivity index (χ3v) is 6.38. The van der Waals surface area contributed by atoms with Crippen LogP contribution in [0.1, 0.15) is 39.0 Å². The van der Waals surface area contributed by atoms with Crippen molar-refractivity contribution in [2.75, 3.05) is 6.54 Å². The Kier molecular flexibility index (Phi) is 5.10. The molecule has 1 fully saturated rings. The first-order valence-corrected chi connectivity index (χ1v) is 9.35. The molecule has 0 aromatic carbocycles. The van der Waals surface area contributed by atoms with Gasteiger partial charge in [0.15, 0.2) is 0 Å². The van der Waals surface area contributed by atoms with E-state index >= 15 is 0 Å². The van der Waals surface area contributed by atoms with Crippen LogP contribution in [0.2, 0.25) is 5.15 Å². The van der Waals surface area contributed by atoms with Crippen molar-refractivity contribution in [2.24, 2.45) is 5.41 Å². The quantitative estimate of drug-likeness (QED) is 0.790. The van der Waals surface area contributed by atoms with E-state index in [1.807, 2.05) is 0 Å². The zero-order chi connectivity index (χ0) is 14.8. The summed E-state index contributed by atoms with van der Waals surface area (Å²) < 4.78 is 28.0. The molecule has 4 nitrogen and oxygen atoms in total. The highest BCUT2D eigenvalue weighted by atomic mass is 79.9. The van der Waals surface area contributed by atoms with Crippen LogP contribution in [0.25, 0.3) is 0 Å². The van der Waals surface area contributed by atoms with Gasteiger partial charge < -0.3 is 0 Å². The third-order valence-electron chi connectivity index (χ3n) is 4.11. The molecule has 1 aromatic rings. The van der Waals surface area contributed by atoms with Gasteiger partial charge >= 0.3 is 0 Å². The molecule has 0 aliphatic heterocycles. The summed E-state index contributed by atoms with van der Waals surface area (Å²) in [6, 6.07) is 1.48. The van der Waals surface area contributed by atoms with Gasteiger partial charge in [-0.25, -0.2) is 18.1 Å². The number of halogens is 2. The van der Waals surface area contributed by atoms with Gasteiger partial charge in [-0.3, -0.25) is 0 Å². The first kappa shape index (κ1) is 16.2. The van der Waals surface area contributed by atoms with Crippen molar-refractivity contribution < 1.29 is 8.42 Å². The van der Waals surface area contributed by atoms with E-state index in [1.54, 1.807) is 0 Å². The van der Waals surface area contributed by atoms with Crippen molar-refractivity contribution in [3.63, 3.8) is 0 Å². The minimum Gasteiger partial charge on any atom is -0.242 e. The first-order valence-electron chi connectivity index (χ1n) is 6.69. The monoisotopic (exact) mass is 380 g/mol. The van der Waals surface area contributed by atoms with Gasteiger partial charge in [0, 0.05) is 17.2 Å². The van der Waals surface area contributed by atoms with Crippen molar-refractivity contribution in [3.8, 4) is 0 Å². The topological polar surface area (TPSA) is 59.1 Å². The largest absolute Gasteiger partial charge is 0.243 e.